The van der Waals surface area contributed by atoms with Crippen molar-refractivity contribution >= 4 is 17.3 Å². The molecule has 0 heterocycles. The third-order valence-corrected chi connectivity index (χ3v) is 2.50. The van der Waals surface area contributed by atoms with Crippen LogP contribution in [-0.4, -0.2) is 24.8 Å². The number of hydrogen-bond donors (Lipinski definition) is 1. The van der Waals surface area contributed by atoms with Crippen molar-refractivity contribution in [3.8, 4) is 6.07 Å². The predicted octanol–water partition coefficient (Wildman–Crippen LogP) is 2.03. The van der Waals surface area contributed by atoms with Crippen LogP contribution < -0.4 is 4.90 Å². The van der Waals surface area contributed by atoms with Crippen LogP contribution in [0.3, 0.4) is 0 Å². The molecule has 4 heteroatoms. The van der Waals surface area contributed by atoms with Crippen LogP contribution in [0, 0.1) is 11.3 Å². The highest BCUT2D eigenvalue weighted by Gasteiger charge is 2.06. The average molecular weight is 225 g/mol. The molecule has 15 heavy (non-hydrogen) atoms. The van der Waals surface area contributed by atoms with Crippen molar-refractivity contribution in [2.45, 2.75) is 6.92 Å². The van der Waals surface area contributed by atoms with Gasteiger partial charge in [0.15, 0.2) is 0 Å². The number of rotatable bonds is 4. The second-order valence-corrected chi connectivity index (χ2v) is 3.49. The van der Waals surface area contributed by atoms with Crippen LogP contribution in [0.4, 0.5) is 5.69 Å². The molecule has 0 aliphatic heterocycles. The summed E-state index contributed by atoms with van der Waals surface area (Å²) in [5, 5.41) is 18.0. The molecule has 1 aromatic rings. The summed E-state index contributed by atoms with van der Waals surface area (Å²) in [5.74, 6) is 0. The smallest absolute Gasteiger partial charge is 0.101 e. The normalized spacial score (nSPS) is 9.73. The molecule has 0 amide bonds. The zero-order valence-corrected chi connectivity index (χ0v) is 9.33. The second kappa shape index (κ2) is 5.59. The maximum atomic E-state index is 8.87. The molecular formula is C11H13ClN2O. The first-order valence-electron chi connectivity index (χ1n) is 4.78. The number of hydrogen-bond acceptors (Lipinski definition) is 3. The predicted molar refractivity (Wildman–Crippen MR) is 61.1 cm³/mol. The van der Waals surface area contributed by atoms with Crippen LogP contribution in [0.5, 0.6) is 0 Å². The Morgan fingerprint density at radius 1 is 1.53 bits per heavy atom. The van der Waals surface area contributed by atoms with E-state index < -0.39 is 0 Å². The molecule has 0 aliphatic rings. The van der Waals surface area contributed by atoms with Crippen molar-refractivity contribution in [3.63, 3.8) is 0 Å². The summed E-state index contributed by atoms with van der Waals surface area (Å²) in [5.41, 5.74) is 1.40. The molecule has 80 valence electrons. The van der Waals surface area contributed by atoms with Crippen LogP contribution in [0.25, 0.3) is 0 Å². The largest absolute Gasteiger partial charge is 0.395 e. The molecule has 0 aromatic heterocycles. The van der Waals surface area contributed by atoms with E-state index >= 15 is 0 Å². The molecule has 0 spiro atoms. The molecule has 0 bridgehead atoms. The molecule has 1 rings (SSSR count). The number of nitriles is 1. The van der Waals surface area contributed by atoms with E-state index in [0.717, 1.165) is 12.2 Å². The zero-order chi connectivity index (χ0) is 11.3. The standard InChI is InChI=1S/C11H13ClN2O/c1-2-14(5-6-15)10-4-3-9(8-13)11(12)7-10/h3-4,7,15H,2,5-6H2,1H3. The molecule has 0 fully saturated rings. The van der Waals surface area contributed by atoms with Gasteiger partial charge in [0.1, 0.15) is 6.07 Å². The van der Waals surface area contributed by atoms with Gasteiger partial charge >= 0.3 is 0 Å². The first kappa shape index (κ1) is 11.8. The highest BCUT2D eigenvalue weighted by Crippen LogP contribution is 2.22. The van der Waals surface area contributed by atoms with Crippen LogP contribution in [-0.2, 0) is 0 Å². The Morgan fingerprint density at radius 2 is 2.27 bits per heavy atom. The number of halogens is 1. The Hall–Kier alpha value is -1.24. The molecule has 0 radical (unpaired) electrons. The van der Waals surface area contributed by atoms with Crippen LogP contribution in [0.2, 0.25) is 5.02 Å². The number of nitrogens with zero attached hydrogens (tertiary/aromatic N) is 2. The summed E-state index contributed by atoms with van der Waals surface area (Å²) in [6, 6.07) is 7.29. The van der Waals surface area contributed by atoms with Gasteiger partial charge in [0.25, 0.3) is 0 Å². The van der Waals surface area contributed by atoms with Gasteiger partial charge in [0.2, 0.25) is 0 Å². The van der Waals surface area contributed by atoms with Gasteiger partial charge < -0.3 is 10.0 Å². The Labute approximate surface area is 94.5 Å². The average Bonchev–Trinajstić information content (AvgIpc) is 2.25. The Kier molecular flexibility index (Phi) is 4.41. The number of aliphatic hydroxyl groups is 1. The molecule has 0 saturated carbocycles. The molecule has 0 unspecified atom stereocenters. The molecular weight excluding hydrogens is 212 g/mol. The summed E-state index contributed by atoms with van der Waals surface area (Å²) in [7, 11) is 0. The lowest BCUT2D eigenvalue weighted by atomic mass is 10.2. The highest BCUT2D eigenvalue weighted by atomic mass is 35.5. The lowest BCUT2D eigenvalue weighted by Gasteiger charge is -2.22. The van der Waals surface area contributed by atoms with Gasteiger partial charge in [-0.25, -0.2) is 0 Å². The van der Waals surface area contributed by atoms with Gasteiger partial charge in [0.05, 0.1) is 17.2 Å². The van der Waals surface area contributed by atoms with Gasteiger partial charge in [0, 0.05) is 18.8 Å². The van der Waals surface area contributed by atoms with Crippen molar-refractivity contribution in [3.05, 3.63) is 28.8 Å². The molecule has 0 aliphatic carbocycles. The fourth-order valence-electron chi connectivity index (χ4n) is 1.38. The van der Waals surface area contributed by atoms with E-state index in [-0.39, 0.29) is 6.61 Å². The van der Waals surface area contributed by atoms with E-state index in [1.807, 2.05) is 24.0 Å². The van der Waals surface area contributed by atoms with Gasteiger partial charge in [-0.1, -0.05) is 11.6 Å². The highest BCUT2D eigenvalue weighted by molar-refractivity contribution is 6.32. The molecule has 3 nitrogen and oxygen atoms in total. The Morgan fingerprint density at radius 3 is 2.73 bits per heavy atom. The zero-order valence-electron chi connectivity index (χ0n) is 8.57. The minimum atomic E-state index is 0.103. The summed E-state index contributed by atoms with van der Waals surface area (Å²) in [4.78, 5) is 1.99. The second-order valence-electron chi connectivity index (χ2n) is 3.08. The van der Waals surface area contributed by atoms with Crippen molar-refractivity contribution < 1.29 is 5.11 Å². The van der Waals surface area contributed by atoms with Crippen LogP contribution >= 0.6 is 11.6 Å². The third-order valence-electron chi connectivity index (χ3n) is 2.19. The molecule has 0 saturated heterocycles. The summed E-state index contributed by atoms with van der Waals surface area (Å²) < 4.78 is 0. The van der Waals surface area contributed by atoms with Crippen LogP contribution in [0.15, 0.2) is 18.2 Å². The third kappa shape index (κ3) is 2.85. The van der Waals surface area contributed by atoms with E-state index in [1.165, 1.54) is 0 Å². The van der Waals surface area contributed by atoms with Crippen molar-refractivity contribution in [2.75, 3.05) is 24.6 Å². The minimum absolute atomic E-state index is 0.103. The van der Waals surface area contributed by atoms with E-state index in [9.17, 15) is 0 Å². The number of aliphatic hydroxyl groups excluding tert-OH is 1. The summed E-state index contributed by atoms with van der Waals surface area (Å²) in [6.07, 6.45) is 0. The van der Waals surface area contributed by atoms with E-state index in [0.29, 0.717) is 17.1 Å². The van der Waals surface area contributed by atoms with E-state index in [4.69, 9.17) is 22.0 Å². The van der Waals surface area contributed by atoms with Gasteiger partial charge in [-0.2, -0.15) is 5.26 Å². The lowest BCUT2D eigenvalue weighted by molar-refractivity contribution is 0.302. The topological polar surface area (TPSA) is 47.3 Å². The van der Waals surface area contributed by atoms with Gasteiger partial charge in [-0.3, -0.25) is 0 Å². The Bertz CT molecular complexity index is 373. The van der Waals surface area contributed by atoms with Crippen molar-refractivity contribution in [1.29, 1.82) is 5.26 Å². The SMILES string of the molecule is CCN(CCO)c1ccc(C#N)c(Cl)c1. The fourth-order valence-corrected chi connectivity index (χ4v) is 1.60. The van der Waals surface area contributed by atoms with Crippen molar-refractivity contribution in [2.24, 2.45) is 0 Å². The van der Waals surface area contributed by atoms with Gasteiger partial charge in [-0.05, 0) is 25.1 Å². The molecule has 1 N–H and O–H groups in total. The summed E-state index contributed by atoms with van der Waals surface area (Å²) in [6.45, 7) is 3.47. The monoisotopic (exact) mass is 224 g/mol. The minimum Gasteiger partial charge on any atom is -0.395 e. The number of likely N-dealkylation sites (N-methyl/N-ethyl adjacent to an activating group) is 1. The number of benzene rings is 1. The molecule has 0 atom stereocenters. The number of anilines is 1. The first-order chi connectivity index (χ1) is 7.22. The first-order valence-corrected chi connectivity index (χ1v) is 5.16. The van der Waals surface area contributed by atoms with E-state index in [1.54, 1.807) is 12.1 Å². The maximum Gasteiger partial charge on any atom is 0.101 e. The van der Waals surface area contributed by atoms with Crippen LogP contribution in [0.1, 0.15) is 12.5 Å². The molecule has 1 aromatic carbocycles. The fraction of sp³-hybridized carbons (Fsp3) is 0.364. The lowest BCUT2D eigenvalue weighted by Crippen LogP contribution is -2.26. The Balaban J connectivity index is 2.95. The van der Waals surface area contributed by atoms with Gasteiger partial charge in [-0.15, -0.1) is 0 Å². The quantitative estimate of drug-likeness (QED) is 0.852. The van der Waals surface area contributed by atoms with Crippen molar-refractivity contribution in [1.82, 2.24) is 0 Å². The maximum absolute atomic E-state index is 8.87. The summed E-state index contributed by atoms with van der Waals surface area (Å²) >= 11 is 5.92. The van der Waals surface area contributed by atoms with E-state index in [2.05, 4.69) is 0 Å².